The Bertz CT molecular complexity index is 1620. The average molecular weight is 507 g/mol. The lowest BCUT2D eigenvalue weighted by molar-refractivity contribution is 0.400. The van der Waals surface area contributed by atoms with Gasteiger partial charge in [-0.2, -0.15) is 5.10 Å². The van der Waals surface area contributed by atoms with Crippen LogP contribution >= 0.6 is 0 Å². The minimum Gasteiger partial charge on any atom is -0.340 e. The van der Waals surface area contributed by atoms with E-state index in [1.165, 1.54) is 11.6 Å². The van der Waals surface area contributed by atoms with E-state index < -0.39 is 0 Å². The second-order valence-electron chi connectivity index (χ2n) is 9.68. The molecule has 3 heterocycles. The molecule has 5 rings (SSSR count). The molecule has 0 amide bonds. The van der Waals surface area contributed by atoms with Gasteiger partial charge in [-0.25, -0.2) is 9.37 Å². The first-order valence-electron chi connectivity index (χ1n) is 12.7. The van der Waals surface area contributed by atoms with Crippen molar-refractivity contribution in [1.82, 2.24) is 30.0 Å². The molecule has 0 atom stereocenters. The smallest absolute Gasteiger partial charge is 0.159 e. The van der Waals surface area contributed by atoms with Crippen LogP contribution in [0.25, 0.3) is 39.1 Å². The summed E-state index contributed by atoms with van der Waals surface area (Å²) in [7, 11) is 4.18. The normalized spacial score (nSPS) is 12.0. The lowest BCUT2D eigenvalue weighted by Gasteiger charge is -2.09. The topological polar surface area (TPSA) is 73.5 Å². The maximum atomic E-state index is 14.7. The summed E-state index contributed by atoms with van der Waals surface area (Å²) in [5.41, 5.74) is 7.57. The molecule has 0 aliphatic rings. The minimum atomic E-state index is -0.308. The summed E-state index contributed by atoms with van der Waals surface area (Å²) in [6.07, 6.45) is 9.33. The summed E-state index contributed by atoms with van der Waals surface area (Å²) in [6.45, 7) is 6.79. The van der Waals surface area contributed by atoms with Crippen molar-refractivity contribution in [3.63, 3.8) is 0 Å². The molecule has 2 N–H and O–H groups in total. The number of benzene rings is 2. The second-order valence-corrected chi connectivity index (χ2v) is 9.68. The van der Waals surface area contributed by atoms with Gasteiger partial charge < -0.3 is 9.88 Å². The number of aryl methyl sites for hydroxylation is 2. The molecule has 0 unspecified atom stereocenters. The third-order valence-corrected chi connectivity index (χ3v) is 6.57. The van der Waals surface area contributed by atoms with Crippen LogP contribution in [0.5, 0.6) is 0 Å². The number of hydrogen-bond acceptors (Lipinski definition) is 4. The molecule has 192 valence electrons. The van der Waals surface area contributed by atoms with Gasteiger partial charge in [-0.05, 0) is 75.8 Å². The van der Waals surface area contributed by atoms with Crippen LogP contribution in [0.3, 0.4) is 0 Å². The van der Waals surface area contributed by atoms with Crippen LogP contribution in [0.1, 0.15) is 28.9 Å². The molecule has 0 spiro atoms. The largest absolute Gasteiger partial charge is 0.340 e. The number of nitrogens with one attached hydrogen (secondary N) is 2. The van der Waals surface area contributed by atoms with Gasteiger partial charge in [-0.15, -0.1) is 0 Å². The summed E-state index contributed by atoms with van der Waals surface area (Å²) >= 11 is 0. The summed E-state index contributed by atoms with van der Waals surface area (Å²) < 4.78 is 14.7. The third kappa shape index (κ3) is 5.19. The number of aromatic amines is 2. The van der Waals surface area contributed by atoms with Crippen LogP contribution in [-0.4, -0.2) is 50.7 Å². The Kier molecular flexibility index (Phi) is 7.29. The molecule has 5 aromatic rings. The first kappa shape index (κ1) is 25.3. The summed E-state index contributed by atoms with van der Waals surface area (Å²) in [4.78, 5) is 14.9. The zero-order valence-corrected chi connectivity index (χ0v) is 21.9. The molecule has 3 aromatic heterocycles. The van der Waals surface area contributed by atoms with Crippen molar-refractivity contribution < 1.29 is 4.39 Å². The lowest BCUT2D eigenvalue weighted by Crippen LogP contribution is -2.13. The fourth-order valence-corrected chi connectivity index (χ4v) is 4.68. The molecule has 0 saturated carbocycles. The molecule has 7 heteroatoms. The molecule has 0 fully saturated rings. The van der Waals surface area contributed by atoms with Crippen molar-refractivity contribution in [2.45, 2.75) is 19.8 Å². The molecule has 6 nitrogen and oxygen atoms in total. The predicted molar refractivity (Wildman–Crippen MR) is 152 cm³/mol. The van der Waals surface area contributed by atoms with Gasteiger partial charge in [0.25, 0.3) is 0 Å². The Labute approximate surface area is 222 Å². The molecule has 2 aromatic carbocycles. The first-order valence-corrected chi connectivity index (χ1v) is 12.7. The maximum absolute atomic E-state index is 14.7. The van der Waals surface area contributed by atoms with E-state index >= 15 is 0 Å². The predicted octanol–water partition coefficient (Wildman–Crippen LogP) is 6.57. The number of halogens is 1. The Morgan fingerprint density at radius 3 is 2.71 bits per heavy atom. The fraction of sp³-hybridized carbons (Fsp3) is 0.194. The standard InChI is InChI=1S/C31H31FN6/c1-5-9-25(24-11-6-7-12-27(24)32)29-20(2)34-31(35-29)30-26-17-22(13-14-28(26)36-37-30)23-16-21(18-33-19-23)10-8-15-38(3)4/h5-7,9,11-14,16-19H,1,8,10,15H2,2-4H3,(H,34,35)(H,36,37)/b25-9-. The maximum Gasteiger partial charge on any atom is 0.159 e. The van der Waals surface area contributed by atoms with Crippen LogP contribution in [0.2, 0.25) is 0 Å². The van der Waals surface area contributed by atoms with Crippen molar-refractivity contribution in [2.75, 3.05) is 20.6 Å². The number of rotatable bonds is 9. The van der Waals surface area contributed by atoms with Crippen molar-refractivity contribution in [2.24, 2.45) is 0 Å². The highest BCUT2D eigenvalue weighted by Gasteiger charge is 2.19. The zero-order chi connectivity index (χ0) is 26.6. The van der Waals surface area contributed by atoms with E-state index in [9.17, 15) is 4.39 Å². The average Bonchev–Trinajstić information content (AvgIpc) is 3.50. The Morgan fingerprint density at radius 2 is 1.92 bits per heavy atom. The lowest BCUT2D eigenvalue weighted by atomic mass is 10.0. The van der Waals surface area contributed by atoms with Crippen LogP contribution in [0.15, 0.2) is 79.7 Å². The molecule has 0 radical (unpaired) electrons. The molecule has 0 aliphatic carbocycles. The van der Waals surface area contributed by atoms with Gasteiger partial charge in [0.05, 0.1) is 11.2 Å². The van der Waals surface area contributed by atoms with Gasteiger partial charge in [-0.1, -0.05) is 43.0 Å². The monoisotopic (exact) mass is 506 g/mol. The Hall–Kier alpha value is -4.36. The third-order valence-electron chi connectivity index (χ3n) is 6.57. The van der Waals surface area contributed by atoms with Gasteiger partial charge in [-0.3, -0.25) is 10.1 Å². The summed E-state index contributed by atoms with van der Waals surface area (Å²) in [5.74, 6) is 0.305. The number of nitrogens with zero attached hydrogens (tertiary/aromatic N) is 4. The summed E-state index contributed by atoms with van der Waals surface area (Å²) in [5, 5.41) is 8.64. The number of H-pyrrole nitrogens is 2. The number of aromatic nitrogens is 5. The van der Waals surface area contributed by atoms with Crippen molar-refractivity contribution >= 4 is 16.5 Å². The number of pyridine rings is 1. The van der Waals surface area contributed by atoms with Crippen molar-refractivity contribution in [1.29, 1.82) is 0 Å². The fourth-order valence-electron chi connectivity index (χ4n) is 4.68. The number of allylic oxidation sites excluding steroid dienone is 2. The Balaban J connectivity index is 1.51. The van der Waals surface area contributed by atoms with E-state index in [1.807, 2.05) is 31.5 Å². The summed E-state index contributed by atoms with van der Waals surface area (Å²) in [6, 6.07) is 15.1. The van der Waals surface area contributed by atoms with E-state index in [4.69, 9.17) is 4.98 Å². The molecule has 0 bridgehead atoms. The molecule has 0 aliphatic heterocycles. The molecule has 38 heavy (non-hydrogen) atoms. The second kappa shape index (κ2) is 10.9. The highest BCUT2D eigenvalue weighted by Crippen LogP contribution is 2.33. The SMILES string of the molecule is C=C/C=C(/c1ccccc1F)c1nc(-c2n[nH]c3ccc(-c4cncc(CCCN(C)C)c4)cc23)[nH]c1C. The quantitative estimate of drug-likeness (QED) is 0.222. The van der Waals surface area contributed by atoms with E-state index in [0.29, 0.717) is 28.3 Å². The Morgan fingerprint density at radius 1 is 1.08 bits per heavy atom. The highest BCUT2D eigenvalue weighted by molar-refractivity contribution is 5.95. The van der Waals surface area contributed by atoms with E-state index in [0.717, 1.165) is 47.1 Å². The van der Waals surface area contributed by atoms with E-state index in [1.54, 1.807) is 24.3 Å². The highest BCUT2D eigenvalue weighted by atomic mass is 19.1. The van der Waals surface area contributed by atoms with Gasteiger partial charge in [0.2, 0.25) is 0 Å². The van der Waals surface area contributed by atoms with Gasteiger partial charge in [0, 0.05) is 40.2 Å². The molecule has 0 saturated heterocycles. The van der Waals surface area contributed by atoms with Gasteiger partial charge in [0.15, 0.2) is 5.82 Å². The van der Waals surface area contributed by atoms with Crippen molar-refractivity contribution in [3.8, 4) is 22.6 Å². The molecular weight excluding hydrogens is 475 g/mol. The van der Waals surface area contributed by atoms with E-state index in [2.05, 4.69) is 63.9 Å². The first-order chi connectivity index (χ1) is 18.4. The van der Waals surface area contributed by atoms with Crippen LogP contribution in [-0.2, 0) is 6.42 Å². The van der Waals surface area contributed by atoms with Gasteiger partial charge >= 0.3 is 0 Å². The minimum absolute atomic E-state index is 0.308. The van der Waals surface area contributed by atoms with Crippen LogP contribution in [0.4, 0.5) is 4.39 Å². The van der Waals surface area contributed by atoms with Gasteiger partial charge in [0.1, 0.15) is 11.5 Å². The number of fused-ring (bicyclic) bond motifs is 1. The zero-order valence-electron chi connectivity index (χ0n) is 21.9. The van der Waals surface area contributed by atoms with Crippen LogP contribution in [0, 0.1) is 12.7 Å². The molecular formula is C31H31FN6. The van der Waals surface area contributed by atoms with Crippen molar-refractivity contribution in [3.05, 3.63) is 108 Å². The number of hydrogen-bond donors (Lipinski definition) is 2. The number of imidazole rings is 1. The van der Waals surface area contributed by atoms with Crippen LogP contribution < -0.4 is 0 Å². The van der Waals surface area contributed by atoms with E-state index in [-0.39, 0.29) is 5.82 Å².